The maximum absolute atomic E-state index is 13.1. The first-order valence-corrected chi connectivity index (χ1v) is 8.63. The second-order valence-electron chi connectivity index (χ2n) is 6.53. The highest BCUT2D eigenvalue weighted by molar-refractivity contribution is 6.08. The number of rotatable bonds is 4. The van der Waals surface area contributed by atoms with E-state index in [-0.39, 0.29) is 17.7 Å². The molecule has 0 aromatic heterocycles. The first-order chi connectivity index (χ1) is 12.4. The Balaban J connectivity index is 1.98. The van der Waals surface area contributed by atoms with Crippen LogP contribution >= 0.6 is 0 Å². The first kappa shape index (κ1) is 18.2. The number of hydrogen-bond acceptors (Lipinski definition) is 3. The van der Waals surface area contributed by atoms with Crippen LogP contribution in [0.15, 0.2) is 36.4 Å². The van der Waals surface area contributed by atoms with Crippen molar-refractivity contribution in [3.63, 3.8) is 0 Å². The Hall–Kier alpha value is -2.63. The Morgan fingerprint density at radius 2 is 2.00 bits per heavy atom. The van der Waals surface area contributed by atoms with E-state index in [4.69, 9.17) is 0 Å². The van der Waals surface area contributed by atoms with Gasteiger partial charge in [0.1, 0.15) is 5.75 Å². The molecule has 0 radical (unpaired) electrons. The molecule has 0 spiro atoms. The van der Waals surface area contributed by atoms with Gasteiger partial charge < -0.3 is 15.0 Å². The van der Waals surface area contributed by atoms with Crippen LogP contribution in [0.1, 0.15) is 34.8 Å². The van der Waals surface area contributed by atoms with Crippen molar-refractivity contribution < 1.29 is 18.3 Å². The maximum Gasteiger partial charge on any atom is 0.387 e. The summed E-state index contributed by atoms with van der Waals surface area (Å²) >= 11 is 0. The molecule has 1 aliphatic heterocycles. The predicted octanol–water partition coefficient (Wildman–Crippen LogP) is 4.76. The third-order valence-electron chi connectivity index (χ3n) is 4.71. The second-order valence-corrected chi connectivity index (χ2v) is 6.53. The molecule has 1 heterocycles. The Bertz CT molecular complexity index is 823. The quantitative estimate of drug-likeness (QED) is 0.855. The summed E-state index contributed by atoms with van der Waals surface area (Å²) in [5, 5.41) is 3.47. The number of fused-ring (bicyclic) bond motifs is 1. The van der Waals surface area contributed by atoms with Crippen LogP contribution in [0.3, 0.4) is 0 Å². The Morgan fingerprint density at radius 3 is 2.69 bits per heavy atom. The number of carbonyl (C=O) groups is 1. The topological polar surface area (TPSA) is 41.6 Å². The average Bonchev–Trinajstić information content (AvgIpc) is 2.61. The van der Waals surface area contributed by atoms with Gasteiger partial charge in [0.05, 0.1) is 11.4 Å². The number of nitrogens with zero attached hydrogens (tertiary/aromatic N) is 1. The molecule has 2 aromatic rings. The number of ether oxygens (including phenoxy) is 1. The molecule has 26 heavy (non-hydrogen) atoms. The molecule has 1 N–H and O–H groups in total. The van der Waals surface area contributed by atoms with Crippen LogP contribution in [0.25, 0.3) is 0 Å². The zero-order chi connectivity index (χ0) is 18.8. The third-order valence-corrected chi connectivity index (χ3v) is 4.71. The van der Waals surface area contributed by atoms with Gasteiger partial charge in [0.2, 0.25) is 0 Å². The van der Waals surface area contributed by atoms with Crippen molar-refractivity contribution in [1.82, 2.24) is 0 Å². The lowest BCUT2D eigenvalue weighted by atomic mass is 10.0. The fraction of sp³-hybridized carbons (Fsp3) is 0.350. The summed E-state index contributed by atoms with van der Waals surface area (Å²) in [4.78, 5) is 14.8. The minimum atomic E-state index is -2.92. The summed E-state index contributed by atoms with van der Waals surface area (Å²) in [5.74, 6) is -0.248. The monoisotopic (exact) mass is 360 g/mol. The molecule has 1 unspecified atom stereocenters. The standard InChI is InChI=1S/C20H22F2N2O2/c1-4-15-11-24(18-9-13(3)12(2)8-17(18)23-15)19(25)14-6-5-7-16(10-14)26-20(21)22/h5-10,15,20,23H,4,11H2,1-3H3. The number of nitrogens with one attached hydrogen (secondary N) is 1. The number of hydrogen-bond donors (Lipinski definition) is 1. The summed E-state index contributed by atoms with van der Waals surface area (Å²) in [6.07, 6.45) is 0.866. The molecule has 4 nitrogen and oxygen atoms in total. The van der Waals surface area contributed by atoms with E-state index >= 15 is 0 Å². The van der Waals surface area contributed by atoms with Crippen LogP contribution in [0.4, 0.5) is 20.2 Å². The van der Waals surface area contributed by atoms with Crippen molar-refractivity contribution in [1.29, 1.82) is 0 Å². The van der Waals surface area contributed by atoms with Crippen LogP contribution in [0, 0.1) is 13.8 Å². The highest BCUT2D eigenvalue weighted by atomic mass is 19.3. The van der Waals surface area contributed by atoms with E-state index in [1.165, 1.54) is 12.1 Å². The molecule has 3 rings (SSSR count). The molecule has 6 heteroatoms. The van der Waals surface area contributed by atoms with E-state index in [0.717, 1.165) is 28.9 Å². The van der Waals surface area contributed by atoms with Gasteiger partial charge in [-0.25, -0.2) is 0 Å². The van der Waals surface area contributed by atoms with Gasteiger partial charge >= 0.3 is 6.61 Å². The summed E-state index contributed by atoms with van der Waals surface area (Å²) in [6.45, 7) is 3.69. The average molecular weight is 360 g/mol. The minimum absolute atomic E-state index is 0.0201. The van der Waals surface area contributed by atoms with Crippen molar-refractivity contribution in [2.45, 2.75) is 39.8 Å². The van der Waals surface area contributed by atoms with E-state index in [2.05, 4.69) is 17.0 Å². The highest BCUT2D eigenvalue weighted by Crippen LogP contribution is 2.35. The van der Waals surface area contributed by atoms with Gasteiger partial charge in [-0.3, -0.25) is 4.79 Å². The Morgan fingerprint density at radius 1 is 1.27 bits per heavy atom. The smallest absolute Gasteiger partial charge is 0.387 e. The van der Waals surface area contributed by atoms with Crippen LogP contribution in [0.5, 0.6) is 5.75 Å². The molecule has 2 aromatic carbocycles. The fourth-order valence-electron chi connectivity index (χ4n) is 3.11. The fourth-order valence-corrected chi connectivity index (χ4v) is 3.11. The number of amides is 1. The predicted molar refractivity (Wildman–Crippen MR) is 98.4 cm³/mol. The second kappa shape index (κ2) is 7.32. The van der Waals surface area contributed by atoms with Gasteiger partial charge in [0, 0.05) is 18.2 Å². The summed E-state index contributed by atoms with van der Waals surface area (Å²) in [6, 6.07) is 10.1. The molecule has 0 saturated heterocycles. The molecular weight excluding hydrogens is 338 g/mol. The van der Waals surface area contributed by atoms with Gasteiger partial charge in [-0.2, -0.15) is 8.78 Å². The van der Waals surface area contributed by atoms with E-state index in [1.807, 2.05) is 26.0 Å². The largest absolute Gasteiger partial charge is 0.435 e. The van der Waals surface area contributed by atoms with Gasteiger partial charge in [-0.1, -0.05) is 13.0 Å². The van der Waals surface area contributed by atoms with E-state index in [9.17, 15) is 13.6 Å². The number of halogens is 2. The number of carbonyl (C=O) groups excluding carboxylic acids is 1. The van der Waals surface area contributed by atoms with Crippen LogP contribution in [-0.2, 0) is 0 Å². The number of anilines is 2. The van der Waals surface area contributed by atoms with Crippen molar-refractivity contribution >= 4 is 17.3 Å². The van der Waals surface area contributed by atoms with Crippen LogP contribution < -0.4 is 15.0 Å². The Labute approximate surface area is 151 Å². The van der Waals surface area contributed by atoms with Gasteiger partial charge in [0.25, 0.3) is 5.91 Å². The zero-order valence-corrected chi connectivity index (χ0v) is 15.1. The maximum atomic E-state index is 13.1. The molecule has 0 saturated carbocycles. The van der Waals surface area contributed by atoms with E-state index < -0.39 is 6.61 Å². The molecule has 1 atom stereocenters. The molecule has 138 valence electrons. The van der Waals surface area contributed by atoms with E-state index in [0.29, 0.717) is 12.1 Å². The molecule has 0 bridgehead atoms. The van der Waals surface area contributed by atoms with Crippen molar-refractivity contribution in [2.24, 2.45) is 0 Å². The molecule has 0 aliphatic carbocycles. The SMILES string of the molecule is CCC1CN(C(=O)c2cccc(OC(F)F)c2)c2cc(C)c(C)cc2N1. The molecule has 1 aliphatic rings. The van der Waals surface area contributed by atoms with Crippen molar-refractivity contribution in [3.8, 4) is 5.75 Å². The number of benzene rings is 2. The van der Waals surface area contributed by atoms with Crippen LogP contribution in [-0.4, -0.2) is 25.1 Å². The van der Waals surface area contributed by atoms with Gasteiger partial charge in [-0.05, 0) is 61.7 Å². The molecular formula is C20H22F2N2O2. The zero-order valence-electron chi connectivity index (χ0n) is 15.1. The number of alkyl halides is 2. The first-order valence-electron chi connectivity index (χ1n) is 8.63. The summed E-state index contributed by atoms with van der Waals surface area (Å²) in [7, 11) is 0. The normalized spacial score (nSPS) is 16.2. The van der Waals surface area contributed by atoms with Crippen LogP contribution in [0.2, 0.25) is 0 Å². The molecule has 1 amide bonds. The third kappa shape index (κ3) is 3.64. The minimum Gasteiger partial charge on any atom is -0.435 e. The van der Waals surface area contributed by atoms with Gasteiger partial charge in [0.15, 0.2) is 0 Å². The van der Waals surface area contributed by atoms with Crippen molar-refractivity contribution in [3.05, 3.63) is 53.1 Å². The van der Waals surface area contributed by atoms with Gasteiger partial charge in [-0.15, -0.1) is 0 Å². The molecule has 0 fully saturated rings. The highest BCUT2D eigenvalue weighted by Gasteiger charge is 2.28. The number of aryl methyl sites for hydroxylation is 2. The van der Waals surface area contributed by atoms with E-state index in [1.54, 1.807) is 17.0 Å². The lowest BCUT2D eigenvalue weighted by Gasteiger charge is -2.36. The summed E-state index contributed by atoms with van der Waals surface area (Å²) in [5.41, 5.74) is 4.28. The van der Waals surface area contributed by atoms with Crippen molar-refractivity contribution in [2.75, 3.05) is 16.8 Å². The summed E-state index contributed by atoms with van der Waals surface area (Å²) < 4.78 is 29.3. The lowest BCUT2D eigenvalue weighted by molar-refractivity contribution is -0.0498. The Kier molecular flexibility index (Phi) is 5.11. The lowest BCUT2D eigenvalue weighted by Crippen LogP contribution is -2.44.